The fraction of sp³-hybridized carbons (Fsp3) is 0.333. The molecule has 1 aromatic carbocycles. The lowest BCUT2D eigenvalue weighted by atomic mass is 10.1. The number of rotatable bonds is 4. The molecule has 0 amide bonds. The number of carbonyl (C=O) groups is 1. The Morgan fingerprint density at radius 1 is 1.26 bits per heavy atom. The van der Waals surface area contributed by atoms with E-state index in [9.17, 15) is 9.59 Å². The van der Waals surface area contributed by atoms with Gasteiger partial charge in [-0.2, -0.15) is 0 Å². The number of hydrogen-bond acceptors (Lipinski definition) is 7. The maximum Gasteiger partial charge on any atom is 0.365 e. The summed E-state index contributed by atoms with van der Waals surface area (Å²) in [5.41, 5.74) is 1.33. The zero-order chi connectivity index (χ0) is 18.8. The first-order valence-electron chi connectivity index (χ1n) is 8.74. The second kappa shape index (κ2) is 7.29. The molecule has 140 valence electrons. The van der Waals surface area contributed by atoms with Crippen molar-refractivity contribution in [3.8, 4) is 0 Å². The molecule has 0 aliphatic carbocycles. The van der Waals surface area contributed by atoms with Crippen molar-refractivity contribution in [1.82, 2.24) is 29.7 Å². The van der Waals surface area contributed by atoms with Crippen LogP contribution in [0.2, 0.25) is 0 Å². The molecular weight excluding hydrogens is 348 g/mol. The van der Waals surface area contributed by atoms with Gasteiger partial charge in [-0.15, -0.1) is 5.10 Å². The Bertz CT molecular complexity index is 1020. The average molecular weight is 368 g/mol. The molecule has 3 aromatic rings. The molecule has 4 rings (SSSR count). The van der Waals surface area contributed by atoms with Gasteiger partial charge < -0.3 is 14.7 Å². The molecule has 3 heterocycles. The fourth-order valence-corrected chi connectivity index (χ4v) is 3.09. The van der Waals surface area contributed by atoms with Crippen LogP contribution in [0.5, 0.6) is 0 Å². The summed E-state index contributed by atoms with van der Waals surface area (Å²) in [5, 5.41) is 4.18. The van der Waals surface area contributed by atoms with E-state index >= 15 is 0 Å². The van der Waals surface area contributed by atoms with Crippen molar-refractivity contribution < 1.29 is 9.63 Å². The lowest BCUT2D eigenvalue weighted by Gasteiger charge is -2.32. The van der Waals surface area contributed by atoms with Crippen LogP contribution >= 0.6 is 0 Å². The first-order valence-corrected chi connectivity index (χ1v) is 8.74. The highest BCUT2D eigenvalue weighted by Gasteiger charge is 2.16. The molecule has 1 fully saturated rings. The molecule has 27 heavy (non-hydrogen) atoms. The van der Waals surface area contributed by atoms with Gasteiger partial charge in [-0.25, -0.2) is 9.78 Å². The quantitative estimate of drug-likeness (QED) is 0.699. The summed E-state index contributed by atoms with van der Waals surface area (Å²) in [6.45, 7) is 4.88. The first-order chi connectivity index (χ1) is 13.1. The minimum atomic E-state index is -0.553. The zero-order valence-electron chi connectivity index (χ0n) is 15.0. The van der Waals surface area contributed by atoms with Crippen molar-refractivity contribution in [3.63, 3.8) is 0 Å². The molecule has 1 N–H and O–H groups in total. The van der Waals surface area contributed by atoms with Gasteiger partial charge in [-0.3, -0.25) is 9.69 Å². The number of fused-ring (bicyclic) bond motifs is 1. The topological polar surface area (TPSA) is 96.4 Å². The molecule has 1 aliphatic heterocycles. The molecule has 0 bridgehead atoms. The van der Waals surface area contributed by atoms with E-state index in [1.54, 1.807) is 6.07 Å². The van der Waals surface area contributed by atoms with Crippen LogP contribution < -0.4 is 10.4 Å². The Morgan fingerprint density at radius 3 is 2.89 bits per heavy atom. The number of aromatic amines is 1. The van der Waals surface area contributed by atoms with Gasteiger partial charge in [-0.1, -0.05) is 17.0 Å². The van der Waals surface area contributed by atoms with Gasteiger partial charge in [0.25, 0.3) is 5.56 Å². The van der Waals surface area contributed by atoms with E-state index in [0.29, 0.717) is 5.56 Å². The molecule has 0 atom stereocenters. The monoisotopic (exact) mass is 368 g/mol. The van der Waals surface area contributed by atoms with Gasteiger partial charge in [0, 0.05) is 32.7 Å². The molecule has 0 radical (unpaired) electrons. The Hall–Kier alpha value is -3.04. The van der Waals surface area contributed by atoms with Gasteiger partial charge in [0.2, 0.25) is 5.65 Å². The van der Waals surface area contributed by atoms with E-state index in [-0.39, 0.29) is 16.6 Å². The maximum atomic E-state index is 12.5. The molecule has 0 spiro atoms. The molecule has 1 saturated heterocycles. The van der Waals surface area contributed by atoms with E-state index in [0.717, 1.165) is 43.1 Å². The number of piperazine rings is 1. The largest absolute Gasteiger partial charge is 0.365 e. The SMILES string of the molecule is CN1CCN(Cc2cccc(C(=O)On3ncc4c(=O)[nH]cnc43)c2)CC1. The zero-order valence-corrected chi connectivity index (χ0v) is 15.0. The first kappa shape index (κ1) is 17.4. The highest BCUT2D eigenvalue weighted by atomic mass is 16.7. The third-order valence-corrected chi connectivity index (χ3v) is 4.68. The summed E-state index contributed by atoms with van der Waals surface area (Å²) >= 11 is 0. The van der Waals surface area contributed by atoms with Gasteiger partial charge in [0.05, 0.1) is 18.1 Å². The second-order valence-electron chi connectivity index (χ2n) is 6.64. The van der Waals surface area contributed by atoms with E-state index in [4.69, 9.17) is 4.84 Å². The van der Waals surface area contributed by atoms with Crippen molar-refractivity contribution in [1.29, 1.82) is 0 Å². The molecule has 9 heteroatoms. The summed E-state index contributed by atoms with van der Waals surface area (Å²) in [5.74, 6) is -0.553. The van der Waals surface area contributed by atoms with Crippen LogP contribution in [0, 0.1) is 0 Å². The van der Waals surface area contributed by atoms with Crippen LogP contribution in [0.4, 0.5) is 0 Å². The molecule has 9 nitrogen and oxygen atoms in total. The molecule has 0 saturated carbocycles. The van der Waals surface area contributed by atoms with Crippen molar-refractivity contribution in [2.45, 2.75) is 6.54 Å². The van der Waals surface area contributed by atoms with E-state index in [1.165, 1.54) is 12.5 Å². The Labute approximate surface area is 155 Å². The van der Waals surface area contributed by atoms with E-state index in [2.05, 4.69) is 31.9 Å². The van der Waals surface area contributed by atoms with Crippen LogP contribution in [0.3, 0.4) is 0 Å². The third kappa shape index (κ3) is 3.74. The molecule has 1 aliphatic rings. The summed E-state index contributed by atoms with van der Waals surface area (Å²) in [7, 11) is 2.12. The number of aromatic nitrogens is 4. The van der Waals surface area contributed by atoms with Crippen molar-refractivity contribution in [2.24, 2.45) is 0 Å². The second-order valence-corrected chi connectivity index (χ2v) is 6.64. The number of nitrogens with zero attached hydrogens (tertiary/aromatic N) is 5. The number of nitrogens with one attached hydrogen (secondary N) is 1. The van der Waals surface area contributed by atoms with Gasteiger partial charge in [0.15, 0.2) is 0 Å². The van der Waals surface area contributed by atoms with Gasteiger partial charge in [-0.05, 0) is 24.7 Å². The molecular formula is C18H20N6O3. The smallest absolute Gasteiger partial charge is 0.312 e. The maximum absolute atomic E-state index is 12.5. The minimum Gasteiger partial charge on any atom is -0.312 e. The summed E-state index contributed by atoms with van der Waals surface area (Å²) in [4.78, 5) is 41.6. The number of carbonyl (C=O) groups excluding carboxylic acids is 1. The lowest BCUT2D eigenvalue weighted by molar-refractivity contribution is 0.0416. The summed E-state index contributed by atoms with van der Waals surface area (Å²) in [6, 6.07) is 7.36. The van der Waals surface area contributed by atoms with Crippen LogP contribution in [-0.4, -0.2) is 68.9 Å². The van der Waals surface area contributed by atoms with Crippen LogP contribution in [0.25, 0.3) is 11.0 Å². The normalized spacial score (nSPS) is 15.9. The fourth-order valence-electron chi connectivity index (χ4n) is 3.09. The standard InChI is InChI=1S/C18H20N6O3/c1-22-5-7-23(8-6-22)11-13-3-2-4-14(9-13)18(26)27-24-16-15(10-21-24)17(25)20-12-19-16/h2-4,9-10,12H,5-8,11H2,1H3,(H,19,20,25). The Morgan fingerprint density at radius 2 is 2.07 bits per heavy atom. The number of H-pyrrole nitrogens is 1. The Kier molecular flexibility index (Phi) is 4.69. The number of benzene rings is 1. The van der Waals surface area contributed by atoms with Crippen molar-refractivity contribution in [2.75, 3.05) is 33.2 Å². The van der Waals surface area contributed by atoms with Crippen LogP contribution in [-0.2, 0) is 6.54 Å². The van der Waals surface area contributed by atoms with Gasteiger partial charge in [0.1, 0.15) is 5.39 Å². The number of likely N-dealkylation sites (N-methyl/N-ethyl adjacent to an activating group) is 1. The Balaban J connectivity index is 1.48. The predicted molar refractivity (Wildman–Crippen MR) is 98.3 cm³/mol. The van der Waals surface area contributed by atoms with Gasteiger partial charge >= 0.3 is 5.97 Å². The average Bonchev–Trinajstić information content (AvgIpc) is 3.08. The number of hydrogen-bond donors (Lipinski definition) is 1. The highest BCUT2D eigenvalue weighted by Crippen LogP contribution is 2.11. The molecule has 2 aromatic heterocycles. The minimum absolute atomic E-state index is 0.195. The van der Waals surface area contributed by atoms with E-state index < -0.39 is 5.97 Å². The summed E-state index contributed by atoms with van der Waals surface area (Å²) < 4.78 is 0. The van der Waals surface area contributed by atoms with Crippen molar-refractivity contribution >= 4 is 17.0 Å². The highest BCUT2D eigenvalue weighted by molar-refractivity contribution is 5.90. The summed E-state index contributed by atoms with van der Waals surface area (Å²) in [6.07, 6.45) is 2.56. The van der Waals surface area contributed by atoms with Crippen LogP contribution in [0.1, 0.15) is 15.9 Å². The third-order valence-electron chi connectivity index (χ3n) is 4.68. The predicted octanol–water partition coefficient (Wildman–Crippen LogP) is 0.136. The molecule has 0 unspecified atom stereocenters. The van der Waals surface area contributed by atoms with E-state index in [1.807, 2.05) is 18.2 Å². The van der Waals surface area contributed by atoms with Crippen LogP contribution in [0.15, 0.2) is 41.6 Å². The van der Waals surface area contributed by atoms with Crippen molar-refractivity contribution in [3.05, 3.63) is 58.3 Å². The lowest BCUT2D eigenvalue weighted by Crippen LogP contribution is -2.43.